The van der Waals surface area contributed by atoms with Crippen LogP contribution >= 0.6 is 11.8 Å². The van der Waals surface area contributed by atoms with Crippen LogP contribution in [0.2, 0.25) is 0 Å². The predicted octanol–water partition coefficient (Wildman–Crippen LogP) is 5.66. The fourth-order valence-electron chi connectivity index (χ4n) is 3.45. The normalized spacial score (nSPS) is 13.3. The molecule has 4 rings (SSSR count). The van der Waals surface area contributed by atoms with Gasteiger partial charge in [0.2, 0.25) is 5.91 Å². The summed E-state index contributed by atoms with van der Waals surface area (Å²) in [6, 6.07) is 21.0. The second-order valence-corrected chi connectivity index (χ2v) is 7.88. The summed E-state index contributed by atoms with van der Waals surface area (Å²) in [6.45, 7) is 0. The Labute approximate surface area is 176 Å². The van der Waals surface area contributed by atoms with Gasteiger partial charge < -0.3 is 0 Å². The number of nitrogens with zero attached hydrogens (tertiary/aromatic N) is 1. The van der Waals surface area contributed by atoms with E-state index in [0.717, 1.165) is 12.1 Å². The molecule has 0 heterocycles. The van der Waals surface area contributed by atoms with Crippen LogP contribution in [-0.4, -0.2) is 17.9 Å². The van der Waals surface area contributed by atoms with E-state index in [4.69, 9.17) is 0 Å². The Morgan fingerprint density at radius 3 is 2.23 bits per heavy atom. The zero-order valence-corrected chi connectivity index (χ0v) is 16.5. The SMILES string of the molecule is O=C(CSC1c2ccccc2-c2ccccc21)N/N=C\c1cccc(C(F)(F)F)c1. The average molecular weight is 426 g/mol. The van der Waals surface area contributed by atoms with Crippen LogP contribution in [0.4, 0.5) is 13.2 Å². The number of hydrogen-bond donors (Lipinski definition) is 1. The Balaban J connectivity index is 1.39. The van der Waals surface area contributed by atoms with Gasteiger partial charge in [-0.1, -0.05) is 60.7 Å². The number of alkyl halides is 3. The predicted molar refractivity (Wildman–Crippen MR) is 113 cm³/mol. The van der Waals surface area contributed by atoms with Gasteiger partial charge >= 0.3 is 6.18 Å². The van der Waals surface area contributed by atoms with Crippen LogP contribution in [0.25, 0.3) is 11.1 Å². The van der Waals surface area contributed by atoms with Gasteiger partial charge in [0.25, 0.3) is 0 Å². The second-order valence-electron chi connectivity index (χ2n) is 6.78. The number of nitrogens with one attached hydrogen (secondary N) is 1. The first-order valence-electron chi connectivity index (χ1n) is 9.22. The highest BCUT2D eigenvalue weighted by Gasteiger charge is 2.30. The third-order valence-corrected chi connectivity index (χ3v) is 6.04. The number of carbonyl (C=O) groups is 1. The number of hydrogen-bond acceptors (Lipinski definition) is 3. The van der Waals surface area contributed by atoms with E-state index < -0.39 is 11.7 Å². The number of benzene rings is 3. The molecular formula is C23H17F3N2OS. The summed E-state index contributed by atoms with van der Waals surface area (Å²) >= 11 is 1.49. The van der Waals surface area contributed by atoms with Crippen LogP contribution in [0.3, 0.4) is 0 Å². The van der Waals surface area contributed by atoms with Gasteiger partial charge in [0.15, 0.2) is 0 Å². The molecule has 0 saturated heterocycles. The van der Waals surface area contributed by atoms with Crippen LogP contribution in [0.15, 0.2) is 77.9 Å². The maximum absolute atomic E-state index is 12.8. The molecule has 0 radical (unpaired) electrons. The summed E-state index contributed by atoms with van der Waals surface area (Å²) in [7, 11) is 0. The Morgan fingerprint density at radius 1 is 0.967 bits per heavy atom. The fourth-order valence-corrected chi connectivity index (χ4v) is 4.61. The number of carbonyl (C=O) groups excluding carboxylic acids is 1. The van der Waals surface area contributed by atoms with Crippen molar-refractivity contribution >= 4 is 23.9 Å². The van der Waals surface area contributed by atoms with Gasteiger partial charge in [-0.25, -0.2) is 5.43 Å². The summed E-state index contributed by atoms with van der Waals surface area (Å²) in [5, 5.41) is 3.84. The van der Waals surface area contributed by atoms with Crippen molar-refractivity contribution in [3.8, 4) is 11.1 Å². The lowest BCUT2D eigenvalue weighted by Crippen LogP contribution is -2.20. The maximum atomic E-state index is 12.8. The van der Waals surface area contributed by atoms with Gasteiger partial charge in [-0.15, -0.1) is 11.8 Å². The monoisotopic (exact) mass is 426 g/mol. The Kier molecular flexibility index (Phi) is 5.63. The van der Waals surface area contributed by atoms with Gasteiger partial charge in [0.1, 0.15) is 0 Å². The molecule has 0 bridgehead atoms. The number of halogens is 3. The molecule has 0 spiro atoms. The first kappa shape index (κ1) is 20.2. The van der Waals surface area contributed by atoms with Gasteiger partial charge in [-0.3, -0.25) is 4.79 Å². The summed E-state index contributed by atoms with van der Waals surface area (Å²) in [5.41, 5.74) is 6.58. The van der Waals surface area contributed by atoms with Crippen molar-refractivity contribution < 1.29 is 18.0 Å². The minimum Gasteiger partial charge on any atom is -0.272 e. The first-order valence-corrected chi connectivity index (χ1v) is 10.3. The molecule has 3 aromatic rings. The Morgan fingerprint density at radius 2 is 1.60 bits per heavy atom. The standard InChI is InChI=1S/C23H17F3N2OS/c24-23(25,26)16-7-5-6-15(12-16)13-27-28-21(29)14-30-22-19-10-3-1-8-17(19)18-9-2-4-11-20(18)22/h1-13,22H,14H2,(H,28,29)/b27-13-. The van der Waals surface area contributed by atoms with E-state index in [-0.39, 0.29) is 22.5 Å². The molecule has 1 amide bonds. The molecule has 0 aliphatic heterocycles. The summed E-state index contributed by atoms with van der Waals surface area (Å²) < 4.78 is 38.3. The number of rotatable bonds is 5. The molecular weight excluding hydrogens is 409 g/mol. The molecule has 30 heavy (non-hydrogen) atoms. The molecule has 1 aliphatic carbocycles. The van der Waals surface area contributed by atoms with Crippen molar-refractivity contribution in [1.29, 1.82) is 0 Å². The molecule has 1 N–H and O–H groups in total. The number of fused-ring (bicyclic) bond motifs is 3. The summed E-state index contributed by atoms with van der Waals surface area (Å²) in [5.74, 6) is -0.141. The largest absolute Gasteiger partial charge is 0.416 e. The van der Waals surface area contributed by atoms with E-state index in [9.17, 15) is 18.0 Å². The molecule has 3 aromatic carbocycles. The zero-order chi connectivity index (χ0) is 21.1. The second kappa shape index (κ2) is 8.36. The van der Waals surface area contributed by atoms with E-state index >= 15 is 0 Å². The van der Waals surface area contributed by atoms with Crippen LogP contribution in [0, 0.1) is 0 Å². The highest BCUT2D eigenvalue weighted by Crippen LogP contribution is 2.49. The van der Waals surface area contributed by atoms with Crippen molar-refractivity contribution in [3.05, 3.63) is 95.1 Å². The quantitative estimate of drug-likeness (QED) is 0.423. The lowest BCUT2D eigenvalue weighted by molar-refractivity contribution is -0.137. The highest BCUT2D eigenvalue weighted by atomic mass is 32.2. The molecule has 0 fully saturated rings. The molecule has 152 valence electrons. The third-order valence-electron chi connectivity index (χ3n) is 4.77. The lowest BCUT2D eigenvalue weighted by atomic mass is 10.1. The highest BCUT2D eigenvalue weighted by molar-refractivity contribution is 8.00. The van der Waals surface area contributed by atoms with Crippen LogP contribution in [-0.2, 0) is 11.0 Å². The van der Waals surface area contributed by atoms with Crippen LogP contribution in [0.1, 0.15) is 27.5 Å². The lowest BCUT2D eigenvalue weighted by Gasteiger charge is -2.12. The van der Waals surface area contributed by atoms with E-state index in [1.807, 2.05) is 24.3 Å². The van der Waals surface area contributed by atoms with Crippen molar-refractivity contribution in [2.24, 2.45) is 5.10 Å². The van der Waals surface area contributed by atoms with Crippen molar-refractivity contribution in [3.63, 3.8) is 0 Å². The van der Waals surface area contributed by atoms with Gasteiger partial charge in [0, 0.05) is 0 Å². The molecule has 0 saturated carbocycles. The summed E-state index contributed by atoms with van der Waals surface area (Å²) in [4.78, 5) is 12.2. The fraction of sp³-hybridized carbons (Fsp3) is 0.130. The van der Waals surface area contributed by atoms with E-state index in [1.54, 1.807) is 0 Å². The third kappa shape index (κ3) is 4.26. The number of thioether (sulfide) groups is 1. The Bertz CT molecular complexity index is 1070. The minimum atomic E-state index is -4.42. The molecule has 1 aliphatic rings. The Hall–Kier alpha value is -3.06. The van der Waals surface area contributed by atoms with Crippen LogP contribution in [0.5, 0.6) is 0 Å². The van der Waals surface area contributed by atoms with E-state index in [1.165, 1.54) is 52.4 Å². The van der Waals surface area contributed by atoms with E-state index in [2.05, 4.69) is 34.8 Å². The zero-order valence-electron chi connectivity index (χ0n) is 15.7. The maximum Gasteiger partial charge on any atom is 0.416 e. The van der Waals surface area contributed by atoms with Crippen molar-refractivity contribution in [2.75, 3.05) is 5.75 Å². The van der Waals surface area contributed by atoms with Crippen LogP contribution < -0.4 is 5.43 Å². The smallest absolute Gasteiger partial charge is 0.272 e. The van der Waals surface area contributed by atoms with Crippen molar-refractivity contribution in [2.45, 2.75) is 11.4 Å². The number of hydrazone groups is 1. The average Bonchev–Trinajstić information content (AvgIpc) is 3.06. The molecule has 7 heteroatoms. The molecule has 0 atom stereocenters. The number of amides is 1. The summed E-state index contributed by atoms with van der Waals surface area (Å²) in [6.07, 6.45) is -3.21. The first-order chi connectivity index (χ1) is 14.4. The topological polar surface area (TPSA) is 41.5 Å². The van der Waals surface area contributed by atoms with Gasteiger partial charge in [-0.05, 0) is 39.9 Å². The van der Waals surface area contributed by atoms with Crippen molar-refractivity contribution in [1.82, 2.24) is 5.43 Å². The van der Waals surface area contributed by atoms with E-state index in [0.29, 0.717) is 0 Å². The van der Waals surface area contributed by atoms with Gasteiger partial charge in [0.05, 0.1) is 22.8 Å². The molecule has 0 unspecified atom stereocenters. The van der Waals surface area contributed by atoms with Gasteiger partial charge in [-0.2, -0.15) is 18.3 Å². The molecule has 3 nitrogen and oxygen atoms in total. The minimum absolute atomic E-state index is 0.0515. The molecule has 0 aromatic heterocycles.